The molecular formula is C23H20N6O5S. The number of carbonyl (C=O) groups is 1. The number of amides is 1. The highest BCUT2D eigenvalue weighted by molar-refractivity contribution is 8.26. The molecule has 5 rings (SSSR count). The predicted molar refractivity (Wildman–Crippen MR) is 131 cm³/mol. The summed E-state index contributed by atoms with van der Waals surface area (Å²) in [6.45, 7) is 2.66. The number of benzene rings is 2. The molecule has 1 saturated heterocycles. The van der Waals surface area contributed by atoms with E-state index in [1.165, 1.54) is 22.8 Å². The Morgan fingerprint density at radius 2 is 1.89 bits per heavy atom. The van der Waals surface area contributed by atoms with Gasteiger partial charge in [0.2, 0.25) is 5.17 Å². The molecule has 0 radical (unpaired) electrons. The minimum Gasteiger partial charge on any atom is -0.489 e. The fourth-order valence-corrected chi connectivity index (χ4v) is 4.61. The molecule has 3 heterocycles. The zero-order valence-corrected chi connectivity index (χ0v) is 19.2. The predicted octanol–water partition coefficient (Wildman–Crippen LogP) is 3.08. The smallest absolute Gasteiger partial charge is 0.283 e. The zero-order valence-electron chi connectivity index (χ0n) is 18.4. The molecule has 0 unspecified atom stereocenters. The van der Waals surface area contributed by atoms with E-state index in [2.05, 4.69) is 15.0 Å². The number of nitrogens with zero attached hydrogens (tertiary/aromatic N) is 5. The summed E-state index contributed by atoms with van der Waals surface area (Å²) < 4.78 is 11.1. The molecule has 3 aliphatic heterocycles. The van der Waals surface area contributed by atoms with Gasteiger partial charge in [0.05, 0.1) is 29.3 Å². The Morgan fingerprint density at radius 3 is 2.63 bits per heavy atom. The Hall–Kier alpha value is -4.03. The fraction of sp³-hybridized carbons (Fsp3) is 0.217. The van der Waals surface area contributed by atoms with Crippen LogP contribution in [0.2, 0.25) is 0 Å². The lowest BCUT2D eigenvalue weighted by Gasteiger charge is -2.26. The number of nitro groups is 1. The Bertz CT molecular complexity index is 1280. The van der Waals surface area contributed by atoms with E-state index in [1.54, 1.807) is 48.5 Å². The number of morpholine rings is 1. The molecule has 2 aromatic rings. The SMILES string of the molecule is N=C1/C(=C/c2ccc(OCc3ccccc3[N+](=O)[O-])cc2)C(=O)N=C2SC(N3CCOCC3)=NN12. The van der Waals surface area contributed by atoms with Crippen molar-refractivity contribution in [3.05, 3.63) is 75.3 Å². The van der Waals surface area contributed by atoms with Gasteiger partial charge in [0.15, 0.2) is 11.0 Å². The highest BCUT2D eigenvalue weighted by Gasteiger charge is 2.37. The Labute approximate surface area is 204 Å². The number of carbonyl (C=O) groups excluding carboxylic acids is 1. The van der Waals surface area contributed by atoms with E-state index in [-0.39, 0.29) is 23.7 Å². The molecule has 178 valence electrons. The minimum absolute atomic E-state index is 0.00242. The number of para-hydroxylation sites is 1. The average molecular weight is 493 g/mol. The van der Waals surface area contributed by atoms with Crippen LogP contribution in [-0.4, -0.2) is 63.2 Å². The molecule has 1 N–H and O–H groups in total. The number of nitro benzene ring substituents is 1. The molecule has 0 aliphatic carbocycles. The van der Waals surface area contributed by atoms with Gasteiger partial charge in [0.25, 0.3) is 11.6 Å². The molecule has 12 heteroatoms. The largest absolute Gasteiger partial charge is 0.489 e. The van der Waals surface area contributed by atoms with Crippen molar-refractivity contribution >= 4 is 45.6 Å². The Kier molecular flexibility index (Phi) is 6.29. The first-order valence-electron chi connectivity index (χ1n) is 10.8. The van der Waals surface area contributed by atoms with Crippen molar-refractivity contribution in [1.29, 1.82) is 5.41 Å². The highest BCUT2D eigenvalue weighted by atomic mass is 32.2. The van der Waals surface area contributed by atoms with E-state index >= 15 is 0 Å². The van der Waals surface area contributed by atoms with E-state index in [4.69, 9.17) is 14.9 Å². The van der Waals surface area contributed by atoms with E-state index in [1.807, 2.05) is 0 Å². The van der Waals surface area contributed by atoms with Crippen LogP contribution in [-0.2, 0) is 16.1 Å². The second-order valence-electron chi connectivity index (χ2n) is 7.75. The zero-order chi connectivity index (χ0) is 24.4. The quantitative estimate of drug-likeness (QED) is 0.382. The van der Waals surface area contributed by atoms with Crippen molar-refractivity contribution in [3.63, 3.8) is 0 Å². The van der Waals surface area contributed by atoms with Gasteiger partial charge in [-0.25, -0.2) is 0 Å². The summed E-state index contributed by atoms with van der Waals surface area (Å²) in [4.78, 5) is 29.5. The van der Waals surface area contributed by atoms with Crippen LogP contribution in [0.15, 0.2) is 64.2 Å². The van der Waals surface area contributed by atoms with Crippen LogP contribution in [0.4, 0.5) is 5.69 Å². The summed E-state index contributed by atoms with van der Waals surface area (Å²) in [5.74, 6) is -0.0114. The van der Waals surface area contributed by atoms with Crippen LogP contribution in [0.1, 0.15) is 11.1 Å². The number of nitrogens with one attached hydrogen (secondary N) is 1. The lowest BCUT2D eigenvalue weighted by atomic mass is 10.1. The standard InChI is InChI=1S/C23H20N6O5S/c24-20-18(21(30)25-22-28(20)26-23(35-22)27-9-11-33-12-10-27)13-15-5-7-17(8-6-15)34-14-16-3-1-2-4-19(16)29(31)32/h1-8,13,24H,9-12,14H2/b18-13-,24-20?. The summed E-state index contributed by atoms with van der Waals surface area (Å²) in [5.41, 5.74) is 1.29. The second kappa shape index (κ2) is 9.68. The summed E-state index contributed by atoms with van der Waals surface area (Å²) in [6, 6.07) is 13.3. The van der Waals surface area contributed by atoms with Crippen LogP contribution in [0.3, 0.4) is 0 Å². The normalized spacial score (nSPS) is 18.9. The molecule has 0 saturated carbocycles. The lowest BCUT2D eigenvalue weighted by Crippen LogP contribution is -2.39. The van der Waals surface area contributed by atoms with E-state index in [9.17, 15) is 14.9 Å². The second-order valence-corrected chi connectivity index (χ2v) is 8.68. The number of amidine groups is 3. The number of aliphatic imine (C=N–C) groups is 1. The molecule has 3 aliphatic rings. The molecule has 35 heavy (non-hydrogen) atoms. The Balaban J connectivity index is 1.28. The minimum atomic E-state index is -0.496. The van der Waals surface area contributed by atoms with Gasteiger partial charge < -0.3 is 14.4 Å². The molecular weight excluding hydrogens is 472 g/mol. The lowest BCUT2D eigenvalue weighted by molar-refractivity contribution is -0.385. The van der Waals surface area contributed by atoms with Gasteiger partial charge in [-0.1, -0.05) is 24.3 Å². The number of hydrogen-bond donors (Lipinski definition) is 1. The van der Waals surface area contributed by atoms with E-state index < -0.39 is 10.8 Å². The third kappa shape index (κ3) is 4.79. The third-order valence-electron chi connectivity index (χ3n) is 5.50. The van der Waals surface area contributed by atoms with Crippen LogP contribution < -0.4 is 4.74 Å². The number of rotatable bonds is 5. The number of thioether (sulfide) groups is 1. The van der Waals surface area contributed by atoms with Crippen molar-refractivity contribution in [1.82, 2.24) is 9.91 Å². The molecule has 0 aromatic heterocycles. The van der Waals surface area contributed by atoms with Crippen molar-refractivity contribution in [2.24, 2.45) is 10.1 Å². The summed E-state index contributed by atoms with van der Waals surface area (Å²) in [5, 5.41) is 26.6. The van der Waals surface area contributed by atoms with Gasteiger partial charge in [-0.15, -0.1) is 5.10 Å². The fourth-order valence-electron chi connectivity index (χ4n) is 3.66. The molecule has 2 aromatic carbocycles. The van der Waals surface area contributed by atoms with Gasteiger partial charge in [0.1, 0.15) is 12.4 Å². The van der Waals surface area contributed by atoms with E-state index in [0.717, 1.165) is 0 Å². The first-order chi connectivity index (χ1) is 17.0. The maximum absolute atomic E-state index is 12.6. The van der Waals surface area contributed by atoms with Gasteiger partial charge in [-0.05, 0) is 41.6 Å². The van der Waals surface area contributed by atoms with Gasteiger partial charge in [0, 0.05) is 19.2 Å². The van der Waals surface area contributed by atoms with Crippen LogP contribution in [0.5, 0.6) is 5.75 Å². The monoisotopic (exact) mass is 492 g/mol. The van der Waals surface area contributed by atoms with Gasteiger partial charge in [-0.2, -0.15) is 10.0 Å². The van der Waals surface area contributed by atoms with Crippen molar-refractivity contribution in [2.75, 3.05) is 26.3 Å². The molecule has 0 atom stereocenters. The summed E-state index contributed by atoms with van der Waals surface area (Å²) in [7, 11) is 0. The van der Waals surface area contributed by atoms with Crippen molar-refractivity contribution in [2.45, 2.75) is 6.61 Å². The maximum atomic E-state index is 12.6. The highest BCUT2D eigenvalue weighted by Crippen LogP contribution is 2.30. The maximum Gasteiger partial charge on any atom is 0.283 e. The molecule has 0 spiro atoms. The number of fused-ring (bicyclic) bond motifs is 1. The number of ether oxygens (including phenoxy) is 2. The third-order valence-corrected chi connectivity index (χ3v) is 6.47. The van der Waals surface area contributed by atoms with Crippen LogP contribution in [0, 0.1) is 15.5 Å². The molecule has 11 nitrogen and oxygen atoms in total. The molecule has 1 fully saturated rings. The molecule has 0 bridgehead atoms. The topological polar surface area (TPSA) is 134 Å². The van der Waals surface area contributed by atoms with Crippen molar-refractivity contribution in [3.8, 4) is 5.75 Å². The number of hydrogen-bond acceptors (Lipinski definition) is 9. The Morgan fingerprint density at radius 1 is 1.14 bits per heavy atom. The first kappa shape index (κ1) is 22.7. The van der Waals surface area contributed by atoms with Crippen LogP contribution >= 0.6 is 11.8 Å². The molecule has 1 amide bonds. The van der Waals surface area contributed by atoms with Crippen LogP contribution in [0.25, 0.3) is 6.08 Å². The van der Waals surface area contributed by atoms with Crippen molar-refractivity contribution < 1.29 is 19.2 Å². The van der Waals surface area contributed by atoms with Gasteiger partial charge in [-0.3, -0.25) is 20.3 Å². The summed E-state index contributed by atoms with van der Waals surface area (Å²) in [6.07, 6.45) is 1.59. The first-order valence-corrected chi connectivity index (χ1v) is 11.6. The van der Waals surface area contributed by atoms with Gasteiger partial charge >= 0.3 is 0 Å². The average Bonchev–Trinajstić information content (AvgIpc) is 3.31. The number of hydrazone groups is 1. The summed E-state index contributed by atoms with van der Waals surface area (Å²) >= 11 is 1.27. The van der Waals surface area contributed by atoms with E-state index in [0.29, 0.717) is 53.5 Å².